The third-order valence-electron chi connectivity index (χ3n) is 3.01. The third-order valence-corrected chi connectivity index (χ3v) is 3.01. The molecule has 0 aliphatic heterocycles. The number of non-ortho nitro benzene ring substituents is 1. The SMILES string of the molecule is O=[N+]([O-])c1ccc(NCCc2ncno2)c2cccnc12. The number of pyridine rings is 1. The predicted octanol–water partition coefficient (Wildman–Crippen LogP) is 2.18. The summed E-state index contributed by atoms with van der Waals surface area (Å²) in [5.74, 6) is 0.534. The lowest BCUT2D eigenvalue weighted by Crippen LogP contribution is -2.06. The molecule has 1 N–H and O–H groups in total. The smallest absolute Gasteiger partial charge is 0.295 e. The van der Waals surface area contributed by atoms with Crippen molar-refractivity contribution >= 4 is 22.3 Å². The van der Waals surface area contributed by atoms with Crippen LogP contribution in [0.4, 0.5) is 11.4 Å². The van der Waals surface area contributed by atoms with Gasteiger partial charge < -0.3 is 9.84 Å². The van der Waals surface area contributed by atoms with Gasteiger partial charge >= 0.3 is 0 Å². The van der Waals surface area contributed by atoms with Crippen molar-refractivity contribution < 1.29 is 9.45 Å². The number of benzene rings is 1. The van der Waals surface area contributed by atoms with Crippen LogP contribution < -0.4 is 5.32 Å². The number of rotatable bonds is 5. The van der Waals surface area contributed by atoms with Gasteiger partial charge in [-0.05, 0) is 18.2 Å². The van der Waals surface area contributed by atoms with Crippen LogP contribution in [-0.2, 0) is 6.42 Å². The van der Waals surface area contributed by atoms with E-state index in [9.17, 15) is 10.1 Å². The summed E-state index contributed by atoms with van der Waals surface area (Å²) in [6.07, 6.45) is 3.46. The number of nitrogens with one attached hydrogen (secondary N) is 1. The topological polar surface area (TPSA) is 107 Å². The van der Waals surface area contributed by atoms with Gasteiger partial charge in [-0.3, -0.25) is 10.1 Å². The quantitative estimate of drug-likeness (QED) is 0.565. The number of anilines is 1. The Morgan fingerprint density at radius 2 is 2.19 bits per heavy atom. The molecule has 1 aromatic carbocycles. The number of nitro benzene ring substituents is 1. The largest absolute Gasteiger partial charge is 0.384 e. The highest BCUT2D eigenvalue weighted by atomic mass is 16.6. The fourth-order valence-electron chi connectivity index (χ4n) is 2.07. The van der Waals surface area contributed by atoms with Gasteiger partial charge in [-0.25, -0.2) is 4.98 Å². The lowest BCUT2D eigenvalue weighted by atomic mass is 10.1. The van der Waals surface area contributed by atoms with E-state index in [1.165, 1.54) is 18.6 Å². The van der Waals surface area contributed by atoms with E-state index in [2.05, 4.69) is 20.4 Å². The molecule has 2 heterocycles. The number of fused-ring (bicyclic) bond motifs is 1. The van der Waals surface area contributed by atoms with Gasteiger partial charge in [0.2, 0.25) is 5.89 Å². The zero-order chi connectivity index (χ0) is 14.7. The molecule has 0 spiro atoms. The number of nitrogens with zero attached hydrogens (tertiary/aromatic N) is 4. The molecule has 0 atom stereocenters. The van der Waals surface area contributed by atoms with Crippen molar-refractivity contribution in [1.82, 2.24) is 15.1 Å². The normalized spacial score (nSPS) is 10.7. The van der Waals surface area contributed by atoms with Crippen LogP contribution >= 0.6 is 0 Å². The second-order valence-electron chi connectivity index (χ2n) is 4.30. The molecule has 0 saturated heterocycles. The van der Waals surface area contributed by atoms with Gasteiger partial charge in [-0.15, -0.1) is 0 Å². The molecule has 0 radical (unpaired) electrons. The Morgan fingerprint density at radius 1 is 1.29 bits per heavy atom. The maximum absolute atomic E-state index is 11.0. The van der Waals surface area contributed by atoms with Crippen molar-refractivity contribution in [2.75, 3.05) is 11.9 Å². The van der Waals surface area contributed by atoms with E-state index in [4.69, 9.17) is 4.52 Å². The average molecular weight is 285 g/mol. The zero-order valence-corrected chi connectivity index (χ0v) is 10.9. The van der Waals surface area contributed by atoms with Crippen LogP contribution in [0.5, 0.6) is 0 Å². The van der Waals surface area contributed by atoms with Gasteiger partial charge in [0.15, 0.2) is 6.33 Å². The molecule has 0 saturated carbocycles. The molecule has 3 rings (SSSR count). The number of aromatic nitrogens is 3. The van der Waals surface area contributed by atoms with Crippen LogP contribution in [0, 0.1) is 10.1 Å². The first-order valence-electron chi connectivity index (χ1n) is 6.27. The lowest BCUT2D eigenvalue weighted by Gasteiger charge is -2.08. The molecule has 0 amide bonds. The van der Waals surface area contributed by atoms with Crippen molar-refractivity contribution in [2.24, 2.45) is 0 Å². The van der Waals surface area contributed by atoms with Gasteiger partial charge in [0, 0.05) is 36.3 Å². The van der Waals surface area contributed by atoms with Crippen LogP contribution in [-0.4, -0.2) is 26.6 Å². The first-order chi connectivity index (χ1) is 10.3. The van der Waals surface area contributed by atoms with Crippen molar-refractivity contribution in [3.05, 3.63) is 52.8 Å². The summed E-state index contributed by atoms with van der Waals surface area (Å²) in [5, 5.41) is 18.5. The first-order valence-corrected chi connectivity index (χ1v) is 6.27. The van der Waals surface area contributed by atoms with Crippen LogP contribution in [0.2, 0.25) is 0 Å². The van der Waals surface area contributed by atoms with E-state index < -0.39 is 4.92 Å². The molecule has 0 fully saturated rings. The highest BCUT2D eigenvalue weighted by Gasteiger charge is 2.15. The average Bonchev–Trinajstić information content (AvgIpc) is 3.00. The van der Waals surface area contributed by atoms with E-state index in [-0.39, 0.29) is 5.69 Å². The minimum absolute atomic E-state index is 0.00643. The Labute approximate surface area is 119 Å². The maximum atomic E-state index is 11.0. The Morgan fingerprint density at radius 3 is 2.95 bits per heavy atom. The van der Waals surface area contributed by atoms with Gasteiger partial charge in [-0.2, -0.15) is 4.98 Å². The summed E-state index contributed by atoms with van der Waals surface area (Å²) in [7, 11) is 0. The number of hydrogen-bond acceptors (Lipinski definition) is 7. The fraction of sp³-hybridized carbons (Fsp3) is 0.154. The Balaban J connectivity index is 1.85. The van der Waals surface area contributed by atoms with Crippen LogP contribution in [0.1, 0.15) is 5.89 Å². The van der Waals surface area contributed by atoms with E-state index in [0.717, 1.165) is 5.69 Å². The molecule has 21 heavy (non-hydrogen) atoms. The monoisotopic (exact) mass is 285 g/mol. The second kappa shape index (κ2) is 5.53. The maximum Gasteiger partial charge on any atom is 0.295 e. The van der Waals surface area contributed by atoms with Crippen molar-refractivity contribution in [2.45, 2.75) is 6.42 Å². The number of hydrogen-bond donors (Lipinski definition) is 1. The van der Waals surface area contributed by atoms with Crippen LogP contribution in [0.15, 0.2) is 41.3 Å². The van der Waals surface area contributed by atoms with E-state index in [0.29, 0.717) is 29.8 Å². The molecule has 106 valence electrons. The summed E-state index contributed by atoms with van der Waals surface area (Å²) >= 11 is 0. The Bertz CT molecular complexity index is 773. The molecule has 0 aliphatic carbocycles. The van der Waals surface area contributed by atoms with E-state index in [1.807, 2.05) is 0 Å². The van der Waals surface area contributed by atoms with Crippen molar-refractivity contribution in [3.8, 4) is 0 Å². The van der Waals surface area contributed by atoms with Gasteiger partial charge in [0.05, 0.1) is 4.92 Å². The molecule has 0 unspecified atom stereocenters. The highest BCUT2D eigenvalue weighted by Crippen LogP contribution is 2.29. The van der Waals surface area contributed by atoms with E-state index >= 15 is 0 Å². The van der Waals surface area contributed by atoms with E-state index in [1.54, 1.807) is 18.2 Å². The van der Waals surface area contributed by atoms with Crippen molar-refractivity contribution in [3.63, 3.8) is 0 Å². The third kappa shape index (κ3) is 2.64. The summed E-state index contributed by atoms with van der Waals surface area (Å²) in [6.45, 7) is 0.573. The summed E-state index contributed by atoms with van der Waals surface area (Å²) in [6, 6.07) is 6.67. The van der Waals surface area contributed by atoms with Crippen LogP contribution in [0.3, 0.4) is 0 Å². The highest BCUT2D eigenvalue weighted by molar-refractivity contribution is 5.96. The molecular weight excluding hydrogens is 274 g/mol. The summed E-state index contributed by atoms with van der Waals surface area (Å²) < 4.78 is 4.91. The first kappa shape index (κ1) is 13.0. The molecular formula is C13H11N5O3. The summed E-state index contributed by atoms with van der Waals surface area (Å²) in [5.41, 5.74) is 1.14. The molecule has 0 aliphatic rings. The predicted molar refractivity (Wildman–Crippen MR) is 74.9 cm³/mol. The molecule has 3 aromatic rings. The van der Waals surface area contributed by atoms with Gasteiger partial charge in [0.1, 0.15) is 5.52 Å². The summed E-state index contributed by atoms with van der Waals surface area (Å²) in [4.78, 5) is 18.6. The molecule has 8 nitrogen and oxygen atoms in total. The lowest BCUT2D eigenvalue weighted by molar-refractivity contribution is -0.383. The fourth-order valence-corrected chi connectivity index (χ4v) is 2.07. The Hall–Kier alpha value is -3.03. The van der Waals surface area contributed by atoms with Crippen molar-refractivity contribution in [1.29, 1.82) is 0 Å². The van der Waals surface area contributed by atoms with Gasteiger partial charge in [-0.1, -0.05) is 5.16 Å². The van der Waals surface area contributed by atoms with Gasteiger partial charge in [0.25, 0.3) is 5.69 Å². The molecule has 2 aromatic heterocycles. The minimum atomic E-state index is -0.433. The molecule has 0 bridgehead atoms. The van der Waals surface area contributed by atoms with Crippen LogP contribution in [0.25, 0.3) is 10.9 Å². The Kier molecular flexibility index (Phi) is 3.42. The zero-order valence-electron chi connectivity index (χ0n) is 10.9. The second-order valence-corrected chi connectivity index (χ2v) is 4.30. The minimum Gasteiger partial charge on any atom is -0.384 e. The standard InChI is InChI=1S/C13H11N5O3/c19-18(20)11-4-3-10(9-2-1-6-15-13(9)11)14-7-5-12-16-8-17-21-12/h1-4,6,8,14H,5,7H2. The molecule has 8 heteroatoms. The number of nitro groups is 1.